The number of hydrogen-bond donors (Lipinski definition) is 0. The van der Waals surface area contributed by atoms with Crippen LogP contribution in [0.4, 0.5) is 0 Å². The molecule has 2 aliphatic rings. The SMILES string of the molecule is CCOC(=S)SCC(=O)N1CCc2ccccc2[C@H]1C1C(=O)CCCC1=O. The second-order valence-electron chi connectivity index (χ2n) is 6.72. The first kappa shape index (κ1) is 20.0. The maximum absolute atomic E-state index is 13.0. The van der Waals surface area contributed by atoms with Gasteiger partial charge in [0.2, 0.25) is 10.3 Å². The van der Waals surface area contributed by atoms with Gasteiger partial charge in [-0.25, -0.2) is 0 Å². The highest BCUT2D eigenvalue weighted by Gasteiger charge is 2.44. The Bertz CT molecular complexity index is 748. The molecule has 0 saturated heterocycles. The number of hydrogen-bond acceptors (Lipinski definition) is 6. The van der Waals surface area contributed by atoms with E-state index in [1.54, 1.807) is 4.90 Å². The number of carbonyl (C=O) groups is 3. The number of carbonyl (C=O) groups excluding carboxylic acids is 3. The summed E-state index contributed by atoms with van der Waals surface area (Å²) < 4.78 is 5.57. The predicted molar refractivity (Wildman–Crippen MR) is 109 cm³/mol. The second kappa shape index (κ2) is 8.97. The van der Waals surface area contributed by atoms with Crippen LogP contribution >= 0.6 is 24.0 Å². The summed E-state index contributed by atoms with van der Waals surface area (Å²) in [6.45, 7) is 2.80. The number of nitrogens with zero attached hydrogens (tertiary/aromatic N) is 1. The van der Waals surface area contributed by atoms with Gasteiger partial charge < -0.3 is 9.64 Å². The molecule has 0 N–H and O–H groups in total. The lowest BCUT2D eigenvalue weighted by molar-refractivity contribution is -0.142. The molecule has 1 saturated carbocycles. The van der Waals surface area contributed by atoms with Crippen LogP contribution in [0.3, 0.4) is 0 Å². The summed E-state index contributed by atoms with van der Waals surface area (Å²) in [5.41, 5.74) is 2.03. The van der Waals surface area contributed by atoms with Gasteiger partial charge in [0.15, 0.2) is 0 Å². The largest absolute Gasteiger partial charge is 0.479 e. The van der Waals surface area contributed by atoms with Crippen LogP contribution in [0, 0.1) is 5.92 Å². The van der Waals surface area contributed by atoms with Crippen molar-refractivity contribution in [2.45, 2.75) is 38.6 Å². The molecule has 0 unspecified atom stereocenters. The van der Waals surface area contributed by atoms with E-state index >= 15 is 0 Å². The molecule has 3 rings (SSSR count). The Morgan fingerprint density at radius 1 is 1.22 bits per heavy atom. The zero-order valence-electron chi connectivity index (χ0n) is 15.3. The van der Waals surface area contributed by atoms with Crippen LogP contribution in [0.5, 0.6) is 0 Å². The van der Waals surface area contributed by atoms with Gasteiger partial charge in [0, 0.05) is 19.4 Å². The highest BCUT2D eigenvalue weighted by molar-refractivity contribution is 8.23. The predicted octanol–water partition coefficient (Wildman–Crippen LogP) is 3.11. The first-order valence-corrected chi connectivity index (χ1v) is 10.6. The first-order valence-electron chi connectivity index (χ1n) is 9.25. The molecule has 0 bridgehead atoms. The number of ether oxygens (including phenoxy) is 1. The van der Waals surface area contributed by atoms with Crippen molar-refractivity contribution in [2.75, 3.05) is 18.9 Å². The van der Waals surface area contributed by atoms with Crippen LogP contribution in [0.2, 0.25) is 0 Å². The molecule has 0 aromatic heterocycles. The minimum absolute atomic E-state index is 0.0526. The van der Waals surface area contributed by atoms with Gasteiger partial charge in [0.1, 0.15) is 17.5 Å². The van der Waals surface area contributed by atoms with Gasteiger partial charge >= 0.3 is 0 Å². The molecule has 0 radical (unpaired) electrons. The summed E-state index contributed by atoms with van der Waals surface area (Å²) >= 11 is 6.27. The molecule has 7 heteroatoms. The van der Waals surface area contributed by atoms with Gasteiger partial charge in [-0.2, -0.15) is 0 Å². The van der Waals surface area contributed by atoms with E-state index in [2.05, 4.69) is 0 Å². The fourth-order valence-corrected chi connectivity index (χ4v) is 4.78. The molecule has 1 aromatic carbocycles. The Morgan fingerprint density at radius 3 is 2.63 bits per heavy atom. The lowest BCUT2D eigenvalue weighted by Crippen LogP contribution is -2.48. The average molecular weight is 406 g/mol. The molecular formula is C20H23NO4S2. The van der Waals surface area contributed by atoms with E-state index in [0.717, 1.165) is 11.1 Å². The van der Waals surface area contributed by atoms with Crippen molar-refractivity contribution in [3.8, 4) is 0 Å². The number of fused-ring (bicyclic) bond motifs is 1. The van der Waals surface area contributed by atoms with Crippen molar-refractivity contribution in [1.29, 1.82) is 0 Å². The van der Waals surface area contributed by atoms with E-state index in [-0.39, 0.29) is 23.2 Å². The van der Waals surface area contributed by atoms with Crippen LogP contribution in [-0.2, 0) is 25.5 Å². The summed E-state index contributed by atoms with van der Waals surface area (Å²) in [4.78, 5) is 39.9. The number of benzene rings is 1. The second-order valence-corrected chi connectivity index (χ2v) is 8.29. The highest BCUT2D eigenvalue weighted by Crippen LogP contribution is 2.39. The fraction of sp³-hybridized carbons (Fsp3) is 0.500. The van der Waals surface area contributed by atoms with Gasteiger partial charge in [-0.3, -0.25) is 14.4 Å². The van der Waals surface area contributed by atoms with Crippen LogP contribution in [0.25, 0.3) is 0 Å². The number of ketones is 2. The normalized spacial score (nSPS) is 20.3. The molecule has 1 heterocycles. The fourth-order valence-electron chi connectivity index (χ4n) is 3.88. The van der Waals surface area contributed by atoms with Gasteiger partial charge in [-0.05, 0) is 43.1 Å². The minimum Gasteiger partial charge on any atom is -0.479 e. The summed E-state index contributed by atoms with van der Waals surface area (Å²) in [7, 11) is 0. The molecule has 0 spiro atoms. The molecule has 1 amide bonds. The number of thioether (sulfide) groups is 1. The van der Waals surface area contributed by atoms with E-state index in [1.807, 2.05) is 31.2 Å². The van der Waals surface area contributed by atoms with Crippen molar-refractivity contribution >= 4 is 45.8 Å². The number of Topliss-reactive ketones (excluding diaryl/α,β-unsaturated/α-hetero) is 2. The van der Waals surface area contributed by atoms with E-state index in [9.17, 15) is 14.4 Å². The molecule has 27 heavy (non-hydrogen) atoms. The molecule has 1 aliphatic carbocycles. The van der Waals surface area contributed by atoms with Crippen molar-refractivity contribution in [2.24, 2.45) is 5.92 Å². The molecule has 1 atom stereocenters. The third kappa shape index (κ3) is 4.41. The van der Waals surface area contributed by atoms with Gasteiger partial charge in [-0.15, -0.1) is 0 Å². The molecule has 1 fully saturated rings. The first-order chi connectivity index (χ1) is 13.0. The Kier molecular flexibility index (Phi) is 6.65. The lowest BCUT2D eigenvalue weighted by Gasteiger charge is -2.41. The summed E-state index contributed by atoms with van der Waals surface area (Å²) in [5.74, 6) is -0.834. The average Bonchev–Trinajstić information content (AvgIpc) is 2.66. The maximum atomic E-state index is 13.0. The Labute approximate surface area is 168 Å². The van der Waals surface area contributed by atoms with Crippen molar-refractivity contribution in [3.63, 3.8) is 0 Å². The van der Waals surface area contributed by atoms with E-state index in [4.69, 9.17) is 17.0 Å². The molecule has 144 valence electrons. The van der Waals surface area contributed by atoms with Crippen LogP contribution < -0.4 is 0 Å². The van der Waals surface area contributed by atoms with Crippen LogP contribution in [0.15, 0.2) is 24.3 Å². The number of rotatable bonds is 4. The number of thiocarbonyl (C=S) groups is 1. The van der Waals surface area contributed by atoms with Crippen LogP contribution in [0.1, 0.15) is 43.4 Å². The van der Waals surface area contributed by atoms with Crippen molar-refractivity contribution < 1.29 is 19.1 Å². The summed E-state index contributed by atoms with van der Waals surface area (Å²) in [6, 6.07) is 7.29. The molecular weight excluding hydrogens is 382 g/mol. The minimum atomic E-state index is -0.756. The molecule has 1 aromatic rings. The molecule has 1 aliphatic heterocycles. The van der Waals surface area contributed by atoms with Gasteiger partial charge in [0.25, 0.3) is 0 Å². The van der Waals surface area contributed by atoms with Gasteiger partial charge in [0.05, 0.1) is 18.4 Å². The van der Waals surface area contributed by atoms with E-state index in [1.165, 1.54) is 11.8 Å². The summed E-state index contributed by atoms with van der Waals surface area (Å²) in [5, 5.41) is 0. The van der Waals surface area contributed by atoms with Crippen molar-refractivity contribution in [3.05, 3.63) is 35.4 Å². The summed E-state index contributed by atoms with van der Waals surface area (Å²) in [6.07, 6.45) is 2.13. The van der Waals surface area contributed by atoms with Crippen LogP contribution in [-0.4, -0.2) is 45.7 Å². The third-order valence-corrected chi connectivity index (χ3v) is 6.30. The topological polar surface area (TPSA) is 63.7 Å². The Morgan fingerprint density at radius 2 is 1.93 bits per heavy atom. The Hall–Kier alpha value is -1.73. The zero-order chi connectivity index (χ0) is 19.4. The quantitative estimate of drug-likeness (QED) is 0.567. The Balaban J connectivity index is 1.88. The van der Waals surface area contributed by atoms with E-state index < -0.39 is 12.0 Å². The molecule has 5 nitrogen and oxygen atoms in total. The van der Waals surface area contributed by atoms with E-state index in [0.29, 0.717) is 43.2 Å². The number of amides is 1. The maximum Gasteiger partial charge on any atom is 0.233 e. The lowest BCUT2D eigenvalue weighted by atomic mass is 9.75. The van der Waals surface area contributed by atoms with Gasteiger partial charge in [-0.1, -0.05) is 36.0 Å². The third-order valence-electron chi connectivity index (χ3n) is 5.08. The van der Waals surface area contributed by atoms with Crippen molar-refractivity contribution in [1.82, 2.24) is 4.90 Å². The smallest absolute Gasteiger partial charge is 0.233 e. The zero-order valence-corrected chi connectivity index (χ0v) is 16.9. The standard InChI is InChI=1S/C20H23NO4S2/c1-2-25-20(26)27-12-17(24)21-11-10-13-6-3-4-7-14(13)19(21)18-15(22)8-5-9-16(18)23/h3-4,6-7,18-19H,2,5,8-12H2,1H3/t19-/m0/s1. The highest BCUT2D eigenvalue weighted by atomic mass is 32.2. The monoisotopic (exact) mass is 405 g/mol.